The van der Waals surface area contributed by atoms with E-state index in [-0.39, 0.29) is 49.4 Å². The van der Waals surface area contributed by atoms with Gasteiger partial charge >= 0.3 is 65.4 Å². The van der Waals surface area contributed by atoms with Gasteiger partial charge in [-0.3, -0.25) is 19.2 Å². The van der Waals surface area contributed by atoms with Gasteiger partial charge in [0.15, 0.2) is 5.60 Å². The molecule has 13 nitrogen and oxygen atoms in total. The SMILES string of the molecule is CCOC(=O)CC(CC(=O)OCC)(OC(=O)CC(O)(CC(=O)O)C(=O)O)C(=O)OCC.[NaH]. The van der Waals surface area contributed by atoms with E-state index in [4.69, 9.17) is 29.2 Å². The molecule has 3 N–H and O–H groups in total. The second-order valence-corrected chi connectivity index (χ2v) is 6.24. The number of esters is 4. The molecule has 0 saturated heterocycles. The van der Waals surface area contributed by atoms with Gasteiger partial charge in [0.05, 0.1) is 45.5 Å². The van der Waals surface area contributed by atoms with Crippen molar-refractivity contribution in [3.05, 3.63) is 0 Å². The first-order chi connectivity index (χ1) is 14.4. The number of aliphatic hydroxyl groups is 1. The molecule has 0 heterocycles. The van der Waals surface area contributed by atoms with Gasteiger partial charge in [0.2, 0.25) is 5.60 Å². The van der Waals surface area contributed by atoms with E-state index >= 15 is 0 Å². The first-order valence-corrected chi connectivity index (χ1v) is 9.23. The summed E-state index contributed by atoms with van der Waals surface area (Å²) in [6.45, 7) is 3.86. The van der Waals surface area contributed by atoms with Crippen molar-refractivity contribution in [2.75, 3.05) is 19.8 Å². The van der Waals surface area contributed by atoms with Crippen LogP contribution in [0.2, 0.25) is 0 Å². The molecule has 1 unspecified atom stereocenters. The zero-order valence-corrected chi connectivity index (χ0v) is 17.4. The maximum absolute atomic E-state index is 12.6. The Labute approximate surface area is 205 Å². The van der Waals surface area contributed by atoms with Crippen molar-refractivity contribution in [3.63, 3.8) is 0 Å². The number of hydrogen-bond acceptors (Lipinski definition) is 11. The summed E-state index contributed by atoms with van der Waals surface area (Å²) in [6.07, 6.45) is -4.72. The number of carbonyl (C=O) groups excluding carboxylic acids is 4. The van der Waals surface area contributed by atoms with Crippen molar-refractivity contribution in [3.8, 4) is 0 Å². The van der Waals surface area contributed by atoms with Gasteiger partial charge < -0.3 is 34.3 Å². The summed E-state index contributed by atoms with van der Waals surface area (Å²) >= 11 is 0. The second-order valence-electron chi connectivity index (χ2n) is 6.24. The van der Waals surface area contributed by atoms with Crippen LogP contribution >= 0.6 is 0 Å². The molecule has 32 heavy (non-hydrogen) atoms. The van der Waals surface area contributed by atoms with E-state index in [0.29, 0.717) is 0 Å². The van der Waals surface area contributed by atoms with Crippen LogP contribution in [0.15, 0.2) is 0 Å². The van der Waals surface area contributed by atoms with Crippen LogP contribution in [0.5, 0.6) is 0 Å². The van der Waals surface area contributed by atoms with Gasteiger partial charge in [-0.15, -0.1) is 0 Å². The third kappa shape index (κ3) is 10.4. The van der Waals surface area contributed by atoms with Gasteiger partial charge in [0.1, 0.15) is 0 Å². The average molecular weight is 474 g/mol. The number of ether oxygens (including phenoxy) is 4. The molecule has 14 heteroatoms. The number of hydrogen-bond donors (Lipinski definition) is 3. The third-order valence-electron chi connectivity index (χ3n) is 3.71. The molecule has 0 saturated carbocycles. The molecule has 0 amide bonds. The number of rotatable bonds is 14. The Morgan fingerprint density at radius 2 is 1.12 bits per heavy atom. The monoisotopic (exact) mass is 474 g/mol. The normalized spacial score (nSPS) is 12.4. The van der Waals surface area contributed by atoms with E-state index in [2.05, 4.69) is 0 Å². The summed E-state index contributed by atoms with van der Waals surface area (Å²) in [4.78, 5) is 71.1. The summed E-state index contributed by atoms with van der Waals surface area (Å²) in [7, 11) is 0. The van der Waals surface area contributed by atoms with E-state index in [9.17, 15) is 33.9 Å². The molecule has 1 atom stereocenters. The zero-order chi connectivity index (χ0) is 24.2. The number of carbonyl (C=O) groups is 6. The third-order valence-corrected chi connectivity index (χ3v) is 3.71. The fourth-order valence-electron chi connectivity index (χ4n) is 2.43. The molecule has 0 aromatic carbocycles. The summed E-state index contributed by atoms with van der Waals surface area (Å²) in [5, 5.41) is 27.9. The molecular weight excluding hydrogens is 447 g/mol. The standard InChI is InChI=1S/C18H26O13.Na.H/c1-4-28-12(21)9-18(16(26)30-6-3,10-13(22)29-5-2)31-14(23)8-17(27,15(24)25)7-11(19)20;;/h27H,4-10H2,1-3H3,(H,19,20)(H,24,25);;. The predicted octanol–water partition coefficient (Wildman–Crippen LogP) is -1.23. The molecule has 0 aliphatic carbocycles. The van der Waals surface area contributed by atoms with Crippen LogP contribution in [-0.2, 0) is 47.7 Å². The topological polar surface area (TPSA) is 200 Å². The van der Waals surface area contributed by atoms with Gasteiger partial charge in [-0.05, 0) is 20.8 Å². The molecule has 0 spiro atoms. The van der Waals surface area contributed by atoms with Gasteiger partial charge in [0.25, 0.3) is 0 Å². The molecule has 0 rings (SSSR count). The van der Waals surface area contributed by atoms with Crippen LogP contribution in [-0.4, -0.2) is 112 Å². The van der Waals surface area contributed by atoms with Crippen molar-refractivity contribution < 1.29 is 63.0 Å². The van der Waals surface area contributed by atoms with E-state index in [1.807, 2.05) is 0 Å². The Kier molecular flexibility index (Phi) is 14.8. The zero-order valence-electron chi connectivity index (χ0n) is 17.4. The maximum atomic E-state index is 12.6. The first kappa shape index (κ1) is 32.0. The minimum atomic E-state index is -3.07. The summed E-state index contributed by atoms with van der Waals surface area (Å²) < 4.78 is 19.2. The van der Waals surface area contributed by atoms with Crippen molar-refractivity contribution in [2.24, 2.45) is 0 Å². The van der Waals surface area contributed by atoms with Crippen LogP contribution in [0.1, 0.15) is 46.5 Å². The van der Waals surface area contributed by atoms with Crippen LogP contribution in [0.4, 0.5) is 0 Å². The molecule has 0 aliphatic rings. The van der Waals surface area contributed by atoms with Gasteiger partial charge in [0, 0.05) is 0 Å². The van der Waals surface area contributed by atoms with Gasteiger partial charge in [-0.1, -0.05) is 0 Å². The summed E-state index contributed by atoms with van der Waals surface area (Å²) in [6, 6.07) is 0. The average Bonchev–Trinajstić information content (AvgIpc) is 2.60. The van der Waals surface area contributed by atoms with Gasteiger partial charge in [-0.2, -0.15) is 0 Å². The molecule has 0 fully saturated rings. The van der Waals surface area contributed by atoms with Crippen molar-refractivity contribution >= 4 is 65.4 Å². The van der Waals surface area contributed by atoms with E-state index in [0.717, 1.165) is 0 Å². The quantitative estimate of drug-likeness (QED) is 0.154. The Morgan fingerprint density at radius 1 is 0.688 bits per heavy atom. The second kappa shape index (κ2) is 14.8. The Morgan fingerprint density at radius 3 is 1.47 bits per heavy atom. The fourth-order valence-corrected chi connectivity index (χ4v) is 2.43. The fraction of sp³-hybridized carbons (Fsp3) is 0.667. The van der Waals surface area contributed by atoms with E-state index in [1.165, 1.54) is 20.8 Å². The van der Waals surface area contributed by atoms with Crippen LogP contribution in [0.25, 0.3) is 0 Å². The summed E-state index contributed by atoms with van der Waals surface area (Å²) in [5.74, 6) is -8.76. The van der Waals surface area contributed by atoms with Crippen LogP contribution in [0.3, 0.4) is 0 Å². The van der Waals surface area contributed by atoms with Crippen LogP contribution in [0, 0.1) is 0 Å². The molecule has 0 aromatic heterocycles. The Hall–Kier alpha value is -2.22. The number of carboxylic acids is 2. The number of aliphatic carboxylic acids is 2. The Balaban J connectivity index is 0. The molecule has 178 valence electrons. The van der Waals surface area contributed by atoms with Crippen LogP contribution < -0.4 is 0 Å². The van der Waals surface area contributed by atoms with Crippen molar-refractivity contribution in [1.82, 2.24) is 0 Å². The molecule has 0 aromatic rings. The van der Waals surface area contributed by atoms with Crippen molar-refractivity contribution in [1.29, 1.82) is 0 Å². The molecule has 0 bridgehead atoms. The van der Waals surface area contributed by atoms with E-state index < -0.39 is 72.7 Å². The number of carboxylic acid groups (broad SMARTS) is 2. The Bertz CT molecular complexity index is 685. The predicted molar refractivity (Wildman–Crippen MR) is 105 cm³/mol. The molecule has 0 aliphatic heterocycles. The minimum absolute atomic E-state index is 0. The summed E-state index contributed by atoms with van der Waals surface area (Å²) in [5.41, 5.74) is -5.66. The first-order valence-electron chi connectivity index (χ1n) is 9.23. The van der Waals surface area contributed by atoms with E-state index in [1.54, 1.807) is 0 Å². The van der Waals surface area contributed by atoms with Crippen molar-refractivity contribution in [2.45, 2.75) is 57.7 Å². The molecule has 0 radical (unpaired) electrons. The van der Waals surface area contributed by atoms with Gasteiger partial charge in [-0.25, -0.2) is 9.59 Å². The molecular formula is C18H27NaO13.